The molecule has 1 aromatic rings. The molecule has 0 aliphatic heterocycles. The second kappa shape index (κ2) is 6.59. The molecule has 1 aromatic carbocycles. The molecule has 0 heterocycles. The van der Waals surface area contributed by atoms with Gasteiger partial charge < -0.3 is 10.8 Å². The molecule has 0 spiro atoms. The average molecular weight is 315 g/mol. The smallest absolute Gasteiger partial charge is 0.140 e. The molecule has 1 rings (SSSR count). The third-order valence-electron chi connectivity index (χ3n) is 2.09. The largest absolute Gasteiger partial charge is 0.506 e. The van der Waals surface area contributed by atoms with Gasteiger partial charge >= 0.3 is 0 Å². The predicted molar refractivity (Wildman–Crippen MR) is 69.9 cm³/mol. The fourth-order valence-corrected chi connectivity index (χ4v) is 2.14. The van der Waals surface area contributed by atoms with Gasteiger partial charge in [0.2, 0.25) is 0 Å². The highest BCUT2D eigenvalue weighted by Crippen LogP contribution is 2.37. The molecule has 5 heteroatoms. The Morgan fingerprint density at radius 1 is 1.53 bits per heavy atom. The van der Waals surface area contributed by atoms with Gasteiger partial charge in [0.05, 0.1) is 5.02 Å². The Morgan fingerprint density at radius 2 is 2.13 bits per heavy atom. The summed E-state index contributed by atoms with van der Waals surface area (Å²) in [6.45, 7) is 2.05. The molecule has 0 aliphatic carbocycles. The molecule has 1 atom stereocenters. The predicted octanol–water partition coefficient (Wildman–Crippen LogP) is 4.03. The first-order chi connectivity index (χ1) is 6.57. The zero-order valence-electron chi connectivity index (χ0n) is 8.34. The standard InChI is InChI=1S/C10H13BrClNO.ClH/c1-2-3-8(13)9-6(11)4-5-7(12)10(9)14;/h4-5,8,14H,2-3,13H2,1H3;1H/t8-;/m0./s1. The maximum atomic E-state index is 9.73. The summed E-state index contributed by atoms with van der Waals surface area (Å²) in [6.07, 6.45) is 1.80. The van der Waals surface area contributed by atoms with Crippen LogP contribution in [0, 0.1) is 0 Å². The summed E-state index contributed by atoms with van der Waals surface area (Å²) in [4.78, 5) is 0. The van der Waals surface area contributed by atoms with Crippen LogP contribution in [0.1, 0.15) is 31.4 Å². The highest BCUT2D eigenvalue weighted by Gasteiger charge is 2.16. The van der Waals surface area contributed by atoms with Gasteiger partial charge in [-0.2, -0.15) is 0 Å². The lowest BCUT2D eigenvalue weighted by atomic mass is 10.0. The van der Waals surface area contributed by atoms with Gasteiger partial charge in [0.25, 0.3) is 0 Å². The number of rotatable bonds is 3. The number of aromatic hydroxyl groups is 1. The summed E-state index contributed by atoms with van der Waals surface area (Å²) in [6, 6.07) is 3.27. The summed E-state index contributed by atoms with van der Waals surface area (Å²) in [5, 5.41) is 10.1. The molecule has 0 amide bonds. The Morgan fingerprint density at radius 3 is 2.67 bits per heavy atom. The van der Waals surface area contributed by atoms with Crippen molar-refractivity contribution in [3.05, 3.63) is 27.2 Å². The number of benzene rings is 1. The van der Waals surface area contributed by atoms with Crippen molar-refractivity contribution in [2.75, 3.05) is 0 Å². The lowest BCUT2D eigenvalue weighted by Gasteiger charge is -2.15. The average Bonchev–Trinajstić information content (AvgIpc) is 2.13. The Hall–Kier alpha value is 0.0400. The number of phenolic OH excluding ortho intramolecular Hbond substituents is 1. The van der Waals surface area contributed by atoms with Gasteiger partial charge in [-0.05, 0) is 18.6 Å². The summed E-state index contributed by atoms with van der Waals surface area (Å²) in [5.74, 6) is 0.0852. The van der Waals surface area contributed by atoms with Crippen molar-refractivity contribution in [2.45, 2.75) is 25.8 Å². The molecule has 0 aromatic heterocycles. The van der Waals surface area contributed by atoms with Gasteiger partial charge in [0.1, 0.15) is 5.75 Å². The fourth-order valence-electron chi connectivity index (χ4n) is 1.36. The molecule has 0 bridgehead atoms. The van der Waals surface area contributed by atoms with E-state index in [1.165, 1.54) is 0 Å². The summed E-state index contributed by atoms with van der Waals surface area (Å²) in [5.41, 5.74) is 6.62. The monoisotopic (exact) mass is 313 g/mol. The van der Waals surface area contributed by atoms with Gasteiger partial charge in [-0.1, -0.05) is 40.9 Å². The highest BCUT2D eigenvalue weighted by atomic mass is 79.9. The van der Waals surface area contributed by atoms with Crippen LogP contribution in [0.3, 0.4) is 0 Å². The molecule has 15 heavy (non-hydrogen) atoms. The molecule has 0 aliphatic rings. The maximum absolute atomic E-state index is 9.73. The lowest BCUT2D eigenvalue weighted by Crippen LogP contribution is -2.10. The van der Waals surface area contributed by atoms with Crippen molar-refractivity contribution in [2.24, 2.45) is 5.73 Å². The Labute approximate surface area is 109 Å². The normalized spacial score (nSPS) is 12.0. The van der Waals surface area contributed by atoms with E-state index in [0.29, 0.717) is 10.6 Å². The molecule has 3 N–H and O–H groups in total. The molecule has 0 unspecified atom stereocenters. The number of phenols is 1. The first kappa shape index (κ1) is 15.0. The topological polar surface area (TPSA) is 46.2 Å². The SMILES string of the molecule is CCC[C@H](N)c1c(Br)ccc(Cl)c1O.Cl. The van der Waals surface area contributed by atoms with Gasteiger partial charge in [-0.25, -0.2) is 0 Å². The van der Waals surface area contributed by atoms with Gasteiger partial charge in [-0.15, -0.1) is 12.4 Å². The van der Waals surface area contributed by atoms with Crippen molar-refractivity contribution < 1.29 is 5.11 Å². The Kier molecular flexibility index (Phi) is 6.60. The fraction of sp³-hybridized carbons (Fsp3) is 0.400. The van der Waals surface area contributed by atoms with Gasteiger partial charge in [0.15, 0.2) is 0 Å². The number of hydrogen-bond donors (Lipinski definition) is 2. The van der Waals surface area contributed by atoms with Crippen LogP contribution in [-0.2, 0) is 0 Å². The van der Waals surface area contributed by atoms with Crippen molar-refractivity contribution in [1.29, 1.82) is 0 Å². The quantitative estimate of drug-likeness (QED) is 0.884. The molecule has 2 nitrogen and oxygen atoms in total. The van der Waals surface area contributed by atoms with Crippen molar-refractivity contribution >= 4 is 39.9 Å². The van der Waals surface area contributed by atoms with Crippen molar-refractivity contribution in [1.82, 2.24) is 0 Å². The van der Waals surface area contributed by atoms with E-state index in [0.717, 1.165) is 17.3 Å². The zero-order chi connectivity index (χ0) is 10.7. The highest BCUT2D eigenvalue weighted by molar-refractivity contribution is 9.10. The van der Waals surface area contributed by atoms with E-state index in [4.69, 9.17) is 17.3 Å². The van der Waals surface area contributed by atoms with Gasteiger partial charge in [-0.3, -0.25) is 0 Å². The second-order valence-electron chi connectivity index (χ2n) is 3.19. The molecular formula is C10H14BrCl2NO. The number of hydrogen-bond acceptors (Lipinski definition) is 2. The summed E-state index contributed by atoms with van der Waals surface area (Å²) >= 11 is 9.16. The Balaban J connectivity index is 0.00000196. The zero-order valence-corrected chi connectivity index (χ0v) is 11.5. The molecule has 0 fully saturated rings. The first-order valence-electron chi connectivity index (χ1n) is 4.50. The van der Waals surface area contributed by atoms with Crippen molar-refractivity contribution in [3.63, 3.8) is 0 Å². The lowest BCUT2D eigenvalue weighted by molar-refractivity contribution is 0.457. The van der Waals surface area contributed by atoms with Crippen LogP contribution in [0.25, 0.3) is 0 Å². The third-order valence-corrected chi connectivity index (χ3v) is 3.08. The minimum absolute atomic E-state index is 0. The van der Waals surface area contributed by atoms with Crippen LogP contribution in [0.15, 0.2) is 16.6 Å². The minimum Gasteiger partial charge on any atom is -0.506 e. The Bertz CT molecular complexity index is 333. The van der Waals surface area contributed by atoms with Crippen LogP contribution in [0.2, 0.25) is 5.02 Å². The molecule has 0 saturated heterocycles. The minimum atomic E-state index is -0.173. The van der Waals surface area contributed by atoms with Crippen LogP contribution in [-0.4, -0.2) is 5.11 Å². The summed E-state index contributed by atoms with van der Waals surface area (Å²) < 4.78 is 0.806. The maximum Gasteiger partial charge on any atom is 0.140 e. The van der Waals surface area contributed by atoms with Gasteiger partial charge in [0, 0.05) is 16.1 Å². The molecule has 0 saturated carbocycles. The van der Waals surface area contributed by atoms with E-state index in [1.54, 1.807) is 12.1 Å². The van der Waals surface area contributed by atoms with E-state index in [1.807, 2.05) is 0 Å². The van der Waals surface area contributed by atoms with E-state index in [-0.39, 0.29) is 24.2 Å². The number of halogens is 3. The first-order valence-corrected chi connectivity index (χ1v) is 5.67. The van der Waals surface area contributed by atoms with Crippen LogP contribution >= 0.6 is 39.9 Å². The molecular weight excluding hydrogens is 301 g/mol. The van der Waals surface area contributed by atoms with E-state index < -0.39 is 0 Å². The number of nitrogens with two attached hydrogens (primary N) is 1. The summed E-state index contributed by atoms with van der Waals surface area (Å²) in [7, 11) is 0. The van der Waals surface area contributed by atoms with Crippen molar-refractivity contribution in [3.8, 4) is 5.75 Å². The van der Waals surface area contributed by atoms with E-state index in [2.05, 4.69) is 22.9 Å². The van der Waals surface area contributed by atoms with Crippen LogP contribution in [0.4, 0.5) is 0 Å². The third kappa shape index (κ3) is 3.52. The van der Waals surface area contributed by atoms with E-state index in [9.17, 15) is 5.11 Å². The van der Waals surface area contributed by atoms with Crippen LogP contribution in [0.5, 0.6) is 5.75 Å². The van der Waals surface area contributed by atoms with Crippen LogP contribution < -0.4 is 5.73 Å². The second-order valence-corrected chi connectivity index (χ2v) is 4.45. The van der Waals surface area contributed by atoms with E-state index >= 15 is 0 Å². The molecule has 86 valence electrons. The molecule has 0 radical (unpaired) electrons.